The van der Waals surface area contributed by atoms with Gasteiger partial charge >= 0.3 is 0 Å². The Kier molecular flexibility index (Phi) is 6.62. The van der Waals surface area contributed by atoms with Crippen LogP contribution in [0.25, 0.3) is 0 Å². The van der Waals surface area contributed by atoms with E-state index in [2.05, 4.69) is 19.2 Å². The summed E-state index contributed by atoms with van der Waals surface area (Å²) in [7, 11) is 0. The molecule has 1 aliphatic heterocycles. The topological polar surface area (TPSA) is 30.5 Å². The molecular formula is C16H31NO2. The third-order valence-corrected chi connectivity index (χ3v) is 4.65. The molecule has 1 aliphatic carbocycles. The summed E-state index contributed by atoms with van der Waals surface area (Å²) in [6, 6.07) is 0. The summed E-state index contributed by atoms with van der Waals surface area (Å²) in [5.41, 5.74) is 0. The number of ether oxygens (including phenoxy) is 2. The van der Waals surface area contributed by atoms with Crippen LogP contribution >= 0.6 is 0 Å². The molecule has 0 aromatic carbocycles. The van der Waals surface area contributed by atoms with Gasteiger partial charge in [0.15, 0.2) is 0 Å². The summed E-state index contributed by atoms with van der Waals surface area (Å²) in [6.45, 7) is 7.28. The first-order valence-corrected chi connectivity index (χ1v) is 8.29. The first-order chi connectivity index (χ1) is 9.31. The van der Waals surface area contributed by atoms with Gasteiger partial charge in [-0.1, -0.05) is 33.1 Å². The van der Waals surface area contributed by atoms with E-state index in [1.54, 1.807) is 0 Å². The quantitative estimate of drug-likeness (QED) is 0.770. The number of hydrogen-bond acceptors (Lipinski definition) is 3. The maximum absolute atomic E-state index is 6.11. The second-order valence-electron chi connectivity index (χ2n) is 6.16. The molecule has 4 atom stereocenters. The standard InChI is InChI=1S/C16H31NO2/c1-3-13-6-5-7-14(10-13)18-12-16-9-8-15(19-16)11-17-4-2/h13-17H,3-12H2,1-2H3. The van der Waals surface area contributed by atoms with Crippen molar-refractivity contribution < 1.29 is 9.47 Å². The van der Waals surface area contributed by atoms with Crippen LogP contribution in [0.4, 0.5) is 0 Å². The van der Waals surface area contributed by atoms with Crippen LogP contribution in [0.5, 0.6) is 0 Å². The van der Waals surface area contributed by atoms with Crippen LogP contribution < -0.4 is 5.32 Å². The summed E-state index contributed by atoms with van der Waals surface area (Å²) >= 11 is 0. The first kappa shape index (κ1) is 15.3. The van der Waals surface area contributed by atoms with Crippen LogP contribution in [0.3, 0.4) is 0 Å². The predicted octanol–water partition coefficient (Wildman–Crippen LogP) is 3.13. The van der Waals surface area contributed by atoms with Crippen molar-refractivity contribution in [1.82, 2.24) is 5.32 Å². The van der Waals surface area contributed by atoms with Crippen molar-refractivity contribution in [3.8, 4) is 0 Å². The average molecular weight is 269 g/mol. The van der Waals surface area contributed by atoms with Crippen molar-refractivity contribution in [2.75, 3.05) is 19.7 Å². The van der Waals surface area contributed by atoms with E-state index >= 15 is 0 Å². The highest BCUT2D eigenvalue weighted by atomic mass is 16.5. The Bertz CT molecular complexity index is 247. The fourth-order valence-corrected chi connectivity index (χ4v) is 3.37. The predicted molar refractivity (Wildman–Crippen MR) is 78.4 cm³/mol. The van der Waals surface area contributed by atoms with Crippen LogP contribution in [0, 0.1) is 5.92 Å². The second-order valence-corrected chi connectivity index (χ2v) is 6.16. The normalized spacial score (nSPS) is 35.7. The largest absolute Gasteiger partial charge is 0.376 e. The van der Waals surface area contributed by atoms with Crippen molar-refractivity contribution in [2.45, 2.75) is 77.1 Å². The average Bonchev–Trinajstić information content (AvgIpc) is 2.91. The molecule has 2 rings (SSSR count). The van der Waals surface area contributed by atoms with E-state index in [9.17, 15) is 0 Å². The number of hydrogen-bond donors (Lipinski definition) is 1. The van der Waals surface area contributed by atoms with Gasteiger partial charge < -0.3 is 14.8 Å². The smallest absolute Gasteiger partial charge is 0.0814 e. The van der Waals surface area contributed by atoms with Crippen LogP contribution in [-0.2, 0) is 9.47 Å². The molecule has 0 aromatic rings. The second kappa shape index (κ2) is 8.23. The summed E-state index contributed by atoms with van der Waals surface area (Å²) in [4.78, 5) is 0. The van der Waals surface area contributed by atoms with Crippen LogP contribution in [0.2, 0.25) is 0 Å². The number of likely N-dealkylation sites (N-methyl/N-ethyl adjacent to an activating group) is 1. The molecule has 2 fully saturated rings. The van der Waals surface area contributed by atoms with E-state index < -0.39 is 0 Å². The molecule has 1 heterocycles. The summed E-state index contributed by atoms with van der Waals surface area (Å²) < 4.78 is 12.1. The molecule has 1 saturated heterocycles. The van der Waals surface area contributed by atoms with Gasteiger partial charge in [-0.15, -0.1) is 0 Å². The zero-order valence-corrected chi connectivity index (χ0v) is 12.7. The minimum atomic E-state index is 0.339. The van der Waals surface area contributed by atoms with E-state index in [4.69, 9.17) is 9.47 Å². The van der Waals surface area contributed by atoms with Crippen LogP contribution in [-0.4, -0.2) is 38.0 Å². The van der Waals surface area contributed by atoms with Crippen LogP contribution in [0.1, 0.15) is 58.8 Å². The van der Waals surface area contributed by atoms with E-state index in [1.165, 1.54) is 44.9 Å². The van der Waals surface area contributed by atoms with Gasteiger partial charge in [0.1, 0.15) is 0 Å². The minimum Gasteiger partial charge on any atom is -0.376 e. The van der Waals surface area contributed by atoms with Crippen molar-refractivity contribution in [3.05, 3.63) is 0 Å². The maximum Gasteiger partial charge on any atom is 0.0814 e. The molecule has 4 unspecified atom stereocenters. The molecule has 0 aromatic heterocycles. The van der Waals surface area contributed by atoms with Crippen molar-refractivity contribution in [1.29, 1.82) is 0 Å². The molecule has 2 aliphatic rings. The lowest BCUT2D eigenvalue weighted by molar-refractivity contribution is -0.0558. The number of nitrogens with one attached hydrogen (secondary N) is 1. The Morgan fingerprint density at radius 3 is 2.74 bits per heavy atom. The lowest BCUT2D eigenvalue weighted by Crippen LogP contribution is -2.29. The highest BCUT2D eigenvalue weighted by Gasteiger charge is 2.27. The highest BCUT2D eigenvalue weighted by molar-refractivity contribution is 4.77. The van der Waals surface area contributed by atoms with Gasteiger partial charge in [0, 0.05) is 6.54 Å². The third kappa shape index (κ3) is 5.05. The fourth-order valence-electron chi connectivity index (χ4n) is 3.37. The van der Waals surface area contributed by atoms with Gasteiger partial charge in [0.25, 0.3) is 0 Å². The molecule has 0 radical (unpaired) electrons. The van der Waals surface area contributed by atoms with E-state index in [0.29, 0.717) is 18.3 Å². The lowest BCUT2D eigenvalue weighted by Gasteiger charge is -2.29. The van der Waals surface area contributed by atoms with E-state index in [-0.39, 0.29) is 0 Å². The zero-order valence-electron chi connectivity index (χ0n) is 12.7. The highest BCUT2D eigenvalue weighted by Crippen LogP contribution is 2.29. The Morgan fingerprint density at radius 2 is 1.95 bits per heavy atom. The first-order valence-electron chi connectivity index (χ1n) is 8.29. The van der Waals surface area contributed by atoms with Crippen LogP contribution in [0.15, 0.2) is 0 Å². The lowest BCUT2D eigenvalue weighted by atomic mass is 9.85. The Balaban J connectivity index is 1.60. The Hall–Kier alpha value is -0.120. The molecule has 112 valence electrons. The number of rotatable bonds is 7. The summed E-state index contributed by atoms with van der Waals surface area (Å²) in [5.74, 6) is 0.893. The molecule has 1 N–H and O–H groups in total. The van der Waals surface area contributed by atoms with Gasteiger partial charge in [0.2, 0.25) is 0 Å². The SMILES string of the molecule is CCNCC1CCC(COC2CCCC(CC)C2)O1. The molecule has 0 bridgehead atoms. The molecule has 0 amide bonds. The van der Waals surface area contributed by atoms with Crippen molar-refractivity contribution in [2.24, 2.45) is 5.92 Å². The third-order valence-electron chi connectivity index (χ3n) is 4.65. The van der Waals surface area contributed by atoms with Gasteiger partial charge in [-0.05, 0) is 38.1 Å². The summed E-state index contributed by atoms with van der Waals surface area (Å²) in [5, 5.41) is 3.36. The molecular weight excluding hydrogens is 238 g/mol. The summed E-state index contributed by atoms with van der Waals surface area (Å²) in [6.07, 6.45) is 10.2. The van der Waals surface area contributed by atoms with Gasteiger partial charge in [0.05, 0.1) is 24.9 Å². The van der Waals surface area contributed by atoms with Gasteiger partial charge in [-0.2, -0.15) is 0 Å². The fraction of sp³-hybridized carbons (Fsp3) is 1.00. The molecule has 3 heteroatoms. The Morgan fingerprint density at radius 1 is 1.11 bits per heavy atom. The molecule has 0 spiro atoms. The monoisotopic (exact) mass is 269 g/mol. The van der Waals surface area contributed by atoms with E-state index in [0.717, 1.165) is 25.6 Å². The van der Waals surface area contributed by atoms with Gasteiger partial charge in [-0.3, -0.25) is 0 Å². The van der Waals surface area contributed by atoms with Crippen molar-refractivity contribution >= 4 is 0 Å². The van der Waals surface area contributed by atoms with Gasteiger partial charge in [-0.25, -0.2) is 0 Å². The minimum absolute atomic E-state index is 0.339. The molecule has 1 saturated carbocycles. The van der Waals surface area contributed by atoms with Crippen molar-refractivity contribution in [3.63, 3.8) is 0 Å². The van der Waals surface area contributed by atoms with E-state index in [1.807, 2.05) is 0 Å². The molecule has 19 heavy (non-hydrogen) atoms. The zero-order chi connectivity index (χ0) is 13.5. The Labute approximate surface area is 118 Å². The molecule has 3 nitrogen and oxygen atoms in total. The maximum atomic E-state index is 6.11.